The van der Waals surface area contributed by atoms with Gasteiger partial charge in [0.2, 0.25) is 5.91 Å². The third-order valence-corrected chi connectivity index (χ3v) is 3.02. The Kier molecular flexibility index (Phi) is 3.46. The smallest absolute Gasteiger partial charge is 0.228 e. The van der Waals surface area contributed by atoms with E-state index in [0.29, 0.717) is 19.4 Å². The highest BCUT2D eigenvalue weighted by molar-refractivity contribution is 6.24. The van der Waals surface area contributed by atoms with Gasteiger partial charge in [-0.3, -0.25) is 4.79 Å². The van der Waals surface area contributed by atoms with E-state index in [1.54, 1.807) is 4.90 Å². The van der Waals surface area contributed by atoms with Crippen molar-refractivity contribution in [2.24, 2.45) is 0 Å². The standard InChI is InChI=1S/C12H14ClNO2/c13-10-7-12(16)14(8-10)11-3-1-9(2-4-11)5-6-15/h1-4,10,15H,5-8H2. The summed E-state index contributed by atoms with van der Waals surface area (Å²) in [6, 6.07) is 7.66. The SMILES string of the molecule is O=C1CC(Cl)CN1c1ccc(CCO)cc1. The maximum absolute atomic E-state index is 11.6. The molecule has 1 aliphatic heterocycles. The van der Waals surface area contributed by atoms with Gasteiger partial charge in [-0.05, 0) is 24.1 Å². The van der Waals surface area contributed by atoms with Crippen LogP contribution >= 0.6 is 11.6 Å². The van der Waals surface area contributed by atoms with Crippen molar-refractivity contribution in [3.05, 3.63) is 29.8 Å². The summed E-state index contributed by atoms with van der Waals surface area (Å²) in [7, 11) is 0. The molecule has 0 spiro atoms. The highest BCUT2D eigenvalue weighted by atomic mass is 35.5. The lowest BCUT2D eigenvalue weighted by Gasteiger charge is -2.16. The number of carbonyl (C=O) groups excluding carboxylic acids is 1. The number of benzene rings is 1. The Morgan fingerprint density at radius 1 is 1.38 bits per heavy atom. The molecule has 1 aromatic carbocycles. The van der Waals surface area contributed by atoms with E-state index in [9.17, 15) is 4.79 Å². The molecule has 1 heterocycles. The van der Waals surface area contributed by atoms with E-state index < -0.39 is 0 Å². The molecule has 1 aromatic rings. The van der Waals surface area contributed by atoms with Crippen molar-refractivity contribution in [3.8, 4) is 0 Å². The normalized spacial score (nSPS) is 20.5. The van der Waals surface area contributed by atoms with E-state index in [2.05, 4.69) is 0 Å². The number of alkyl halides is 1. The summed E-state index contributed by atoms with van der Waals surface area (Å²) in [4.78, 5) is 13.3. The van der Waals surface area contributed by atoms with E-state index in [0.717, 1.165) is 11.3 Å². The molecule has 1 unspecified atom stereocenters. The summed E-state index contributed by atoms with van der Waals surface area (Å²) in [6.07, 6.45) is 1.06. The number of aliphatic hydroxyl groups is 1. The lowest BCUT2D eigenvalue weighted by Crippen LogP contribution is -2.24. The fraction of sp³-hybridized carbons (Fsp3) is 0.417. The van der Waals surface area contributed by atoms with E-state index in [1.165, 1.54) is 0 Å². The molecule has 0 aliphatic carbocycles. The van der Waals surface area contributed by atoms with Gasteiger partial charge in [0.05, 0.1) is 5.38 Å². The monoisotopic (exact) mass is 239 g/mol. The summed E-state index contributed by atoms with van der Waals surface area (Å²) in [5.41, 5.74) is 1.95. The number of amides is 1. The van der Waals surface area contributed by atoms with Gasteiger partial charge in [0, 0.05) is 25.3 Å². The molecule has 16 heavy (non-hydrogen) atoms. The van der Waals surface area contributed by atoms with E-state index in [1.807, 2.05) is 24.3 Å². The van der Waals surface area contributed by atoms with Gasteiger partial charge in [0.1, 0.15) is 0 Å². The zero-order valence-electron chi connectivity index (χ0n) is 8.90. The van der Waals surface area contributed by atoms with Crippen molar-refractivity contribution in [2.75, 3.05) is 18.1 Å². The summed E-state index contributed by atoms with van der Waals surface area (Å²) in [6.45, 7) is 0.728. The molecular weight excluding hydrogens is 226 g/mol. The molecule has 1 amide bonds. The van der Waals surface area contributed by atoms with E-state index in [4.69, 9.17) is 16.7 Å². The average Bonchev–Trinajstić information content (AvgIpc) is 2.59. The second-order valence-electron chi connectivity index (χ2n) is 3.95. The first-order valence-corrected chi connectivity index (χ1v) is 5.78. The maximum Gasteiger partial charge on any atom is 0.228 e. The third-order valence-electron chi connectivity index (χ3n) is 2.73. The van der Waals surface area contributed by atoms with Crippen LogP contribution in [0.5, 0.6) is 0 Å². The average molecular weight is 240 g/mol. The van der Waals surface area contributed by atoms with Gasteiger partial charge in [0.25, 0.3) is 0 Å². The van der Waals surface area contributed by atoms with Crippen LogP contribution in [0.4, 0.5) is 5.69 Å². The Bertz CT molecular complexity index is 377. The molecule has 1 N–H and O–H groups in total. The van der Waals surface area contributed by atoms with Crippen LogP contribution in [-0.2, 0) is 11.2 Å². The van der Waals surface area contributed by atoms with Gasteiger partial charge < -0.3 is 10.0 Å². The molecular formula is C12H14ClNO2. The number of carbonyl (C=O) groups is 1. The Balaban J connectivity index is 2.12. The van der Waals surface area contributed by atoms with Crippen LogP contribution in [0.2, 0.25) is 0 Å². The van der Waals surface area contributed by atoms with Crippen LogP contribution in [-0.4, -0.2) is 29.5 Å². The largest absolute Gasteiger partial charge is 0.396 e. The minimum Gasteiger partial charge on any atom is -0.396 e. The molecule has 1 atom stereocenters. The van der Waals surface area contributed by atoms with Crippen LogP contribution in [0, 0.1) is 0 Å². The summed E-state index contributed by atoms with van der Waals surface area (Å²) >= 11 is 5.94. The summed E-state index contributed by atoms with van der Waals surface area (Å²) in [5.74, 6) is 0.0786. The zero-order valence-corrected chi connectivity index (χ0v) is 9.65. The van der Waals surface area contributed by atoms with E-state index in [-0.39, 0.29) is 17.9 Å². The second kappa shape index (κ2) is 4.85. The fourth-order valence-electron chi connectivity index (χ4n) is 1.89. The predicted octanol–water partition coefficient (Wildman–Crippen LogP) is 1.57. The lowest BCUT2D eigenvalue weighted by atomic mass is 10.1. The number of rotatable bonds is 3. The van der Waals surface area contributed by atoms with Gasteiger partial charge in [-0.1, -0.05) is 12.1 Å². The minimum atomic E-state index is -0.0791. The summed E-state index contributed by atoms with van der Waals surface area (Å²) < 4.78 is 0. The van der Waals surface area contributed by atoms with Crippen molar-refractivity contribution in [1.29, 1.82) is 0 Å². The first kappa shape index (κ1) is 11.4. The van der Waals surface area contributed by atoms with Crippen molar-refractivity contribution < 1.29 is 9.90 Å². The van der Waals surface area contributed by atoms with Crippen molar-refractivity contribution in [2.45, 2.75) is 18.2 Å². The first-order valence-electron chi connectivity index (χ1n) is 5.35. The maximum atomic E-state index is 11.6. The van der Waals surface area contributed by atoms with Crippen LogP contribution in [0.25, 0.3) is 0 Å². The third kappa shape index (κ3) is 2.36. The van der Waals surface area contributed by atoms with E-state index >= 15 is 0 Å². The van der Waals surface area contributed by atoms with Crippen LogP contribution in [0.15, 0.2) is 24.3 Å². The Morgan fingerprint density at radius 2 is 2.06 bits per heavy atom. The number of hydrogen-bond donors (Lipinski definition) is 1. The van der Waals surface area contributed by atoms with Gasteiger partial charge in [0.15, 0.2) is 0 Å². The highest BCUT2D eigenvalue weighted by Crippen LogP contribution is 2.24. The zero-order chi connectivity index (χ0) is 11.5. The molecule has 86 valence electrons. The molecule has 0 radical (unpaired) electrons. The molecule has 2 rings (SSSR count). The van der Waals surface area contributed by atoms with Crippen molar-refractivity contribution >= 4 is 23.2 Å². The topological polar surface area (TPSA) is 40.5 Å². The molecule has 4 heteroatoms. The van der Waals surface area contributed by atoms with Gasteiger partial charge >= 0.3 is 0 Å². The number of hydrogen-bond acceptors (Lipinski definition) is 2. The number of nitrogens with zero attached hydrogens (tertiary/aromatic N) is 1. The van der Waals surface area contributed by atoms with Gasteiger partial charge in [-0.2, -0.15) is 0 Å². The minimum absolute atomic E-state index is 0.0786. The Labute approximate surface area is 99.6 Å². The lowest BCUT2D eigenvalue weighted by molar-refractivity contribution is -0.117. The predicted molar refractivity (Wildman–Crippen MR) is 63.8 cm³/mol. The second-order valence-corrected chi connectivity index (χ2v) is 4.56. The fourth-order valence-corrected chi connectivity index (χ4v) is 2.16. The quantitative estimate of drug-likeness (QED) is 0.814. The molecule has 3 nitrogen and oxygen atoms in total. The van der Waals surface area contributed by atoms with Crippen molar-refractivity contribution in [3.63, 3.8) is 0 Å². The molecule has 1 aliphatic rings. The highest BCUT2D eigenvalue weighted by Gasteiger charge is 2.28. The molecule has 0 bridgehead atoms. The number of halogens is 1. The van der Waals surface area contributed by atoms with Crippen molar-refractivity contribution in [1.82, 2.24) is 0 Å². The molecule has 0 saturated carbocycles. The molecule has 1 saturated heterocycles. The molecule has 1 fully saturated rings. The van der Waals surface area contributed by atoms with Crippen LogP contribution in [0.3, 0.4) is 0 Å². The Hall–Kier alpha value is -1.06. The Morgan fingerprint density at radius 3 is 2.56 bits per heavy atom. The number of anilines is 1. The van der Waals surface area contributed by atoms with Gasteiger partial charge in [-0.15, -0.1) is 11.6 Å². The van der Waals surface area contributed by atoms with Crippen LogP contribution < -0.4 is 4.90 Å². The summed E-state index contributed by atoms with van der Waals surface area (Å²) in [5, 5.41) is 8.72. The van der Waals surface area contributed by atoms with Gasteiger partial charge in [-0.25, -0.2) is 0 Å². The molecule has 0 aromatic heterocycles. The number of aliphatic hydroxyl groups excluding tert-OH is 1. The first-order chi connectivity index (χ1) is 7.70. The van der Waals surface area contributed by atoms with Crippen LogP contribution in [0.1, 0.15) is 12.0 Å².